The molecule has 0 radical (unpaired) electrons. The topological polar surface area (TPSA) is 44.7 Å². The van der Waals surface area contributed by atoms with E-state index in [1.54, 1.807) is 0 Å². The van der Waals surface area contributed by atoms with Crippen LogP contribution in [0, 0.1) is 0 Å². The summed E-state index contributed by atoms with van der Waals surface area (Å²) in [7, 11) is 0. The van der Waals surface area contributed by atoms with E-state index in [0.717, 1.165) is 24.2 Å². The third kappa shape index (κ3) is 3.38. The van der Waals surface area contributed by atoms with E-state index in [4.69, 9.17) is 0 Å². The van der Waals surface area contributed by atoms with Gasteiger partial charge in [0.05, 0.1) is 0 Å². The summed E-state index contributed by atoms with van der Waals surface area (Å²) in [4.78, 5) is 18.8. The number of carbonyl (C=O) groups excluding carboxylic acids is 1. The van der Waals surface area contributed by atoms with Crippen molar-refractivity contribution in [3.63, 3.8) is 0 Å². The number of nitrogens with zero attached hydrogens (tertiary/aromatic N) is 2. The molecule has 2 aromatic rings. The van der Waals surface area contributed by atoms with Gasteiger partial charge in [0.15, 0.2) is 0 Å². The molecule has 24 heavy (non-hydrogen) atoms. The Morgan fingerprint density at radius 3 is 2.29 bits per heavy atom. The average Bonchev–Trinajstić information content (AvgIpc) is 2.99. The van der Waals surface area contributed by atoms with Crippen LogP contribution < -0.4 is 10.2 Å². The maximum absolute atomic E-state index is 12.1. The first-order valence-corrected chi connectivity index (χ1v) is 8.23. The van der Waals surface area contributed by atoms with Crippen molar-refractivity contribution >= 4 is 23.5 Å². The zero-order valence-corrected chi connectivity index (χ0v) is 14.0. The Hall–Kier alpha value is -2.88. The van der Waals surface area contributed by atoms with E-state index < -0.39 is 0 Å². The maximum Gasteiger partial charge on any atom is 0.275 e. The molecule has 0 bridgehead atoms. The lowest BCUT2D eigenvalue weighted by molar-refractivity contribution is -0.115. The smallest absolute Gasteiger partial charge is 0.275 e. The van der Waals surface area contributed by atoms with Crippen molar-refractivity contribution in [1.82, 2.24) is 5.32 Å². The van der Waals surface area contributed by atoms with Crippen LogP contribution in [0.25, 0.3) is 6.08 Å². The van der Waals surface area contributed by atoms with Crippen molar-refractivity contribution in [1.29, 1.82) is 0 Å². The summed E-state index contributed by atoms with van der Waals surface area (Å²) in [5, 5.41) is 2.82. The third-order valence-electron chi connectivity index (χ3n) is 4.07. The highest BCUT2D eigenvalue weighted by Crippen LogP contribution is 2.19. The van der Waals surface area contributed by atoms with Crippen molar-refractivity contribution in [2.45, 2.75) is 13.8 Å². The van der Waals surface area contributed by atoms with Crippen molar-refractivity contribution in [3.8, 4) is 0 Å². The molecule has 1 heterocycles. The van der Waals surface area contributed by atoms with E-state index in [0.29, 0.717) is 11.5 Å². The van der Waals surface area contributed by atoms with Crippen LogP contribution in [0.15, 0.2) is 65.3 Å². The van der Waals surface area contributed by atoms with Crippen LogP contribution in [0.5, 0.6) is 0 Å². The number of hydrogen-bond donors (Lipinski definition) is 1. The lowest BCUT2D eigenvalue weighted by Crippen LogP contribution is -2.24. The molecule has 4 nitrogen and oxygen atoms in total. The Bertz CT molecular complexity index is 772. The molecule has 0 aromatic heterocycles. The Morgan fingerprint density at radius 1 is 1.00 bits per heavy atom. The van der Waals surface area contributed by atoms with Crippen LogP contribution >= 0.6 is 0 Å². The summed E-state index contributed by atoms with van der Waals surface area (Å²) in [6, 6.07) is 17.8. The number of anilines is 1. The van der Waals surface area contributed by atoms with Gasteiger partial charge in [-0.25, -0.2) is 4.99 Å². The summed E-state index contributed by atoms with van der Waals surface area (Å²) in [5.41, 5.74) is 3.50. The monoisotopic (exact) mass is 319 g/mol. The quantitative estimate of drug-likeness (QED) is 0.858. The summed E-state index contributed by atoms with van der Waals surface area (Å²) in [5.74, 6) is 0.438. The number of benzene rings is 2. The fourth-order valence-electron chi connectivity index (χ4n) is 2.73. The van der Waals surface area contributed by atoms with Crippen LogP contribution in [0.3, 0.4) is 0 Å². The summed E-state index contributed by atoms with van der Waals surface area (Å²) >= 11 is 0. The van der Waals surface area contributed by atoms with Crippen molar-refractivity contribution in [2.75, 3.05) is 18.0 Å². The number of amides is 1. The van der Waals surface area contributed by atoms with Crippen molar-refractivity contribution in [3.05, 3.63) is 71.4 Å². The summed E-state index contributed by atoms with van der Waals surface area (Å²) < 4.78 is 0. The Kier molecular flexibility index (Phi) is 4.75. The van der Waals surface area contributed by atoms with Gasteiger partial charge < -0.3 is 10.2 Å². The van der Waals surface area contributed by atoms with Gasteiger partial charge in [0.1, 0.15) is 11.5 Å². The zero-order chi connectivity index (χ0) is 16.9. The fraction of sp³-hybridized carbons (Fsp3) is 0.200. The Labute approximate surface area is 142 Å². The lowest BCUT2D eigenvalue weighted by atomic mass is 10.1. The number of aliphatic imine (C=N–C) groups is 1. The fourth-order valence-corrected chi connectivity index (χ4v) is 2.73. The first kappa shape index (κ1) is 16.0. The van der Waals surface area contributed by atoms with Gasteiger partial charge in [0.2, 0.25) is 0 Å². The molecule has 1 amide bonds. The van der Waals surface area contributed by atoms with Crippen LogP contribution in [0.2, 0.25) is 0 Å². The molecule has 3 rings (SSSR count). The number of carbonyl (C=O) groups is 1. The molecule has 0 spiro atoms. The van der Waals surface area contributed by atoms with Crippen LogP contribution in [0.1, 0.15) is 25.0 Å². The Morgan fingerprint density at radius 2 is 1.67 bits per heavy atom. The third-order valence-corrected chi connectivity index (χ3v) is 4.07. The van der Waals surface area contributed by atoms with E-state index in [1.807, 2.05) is 48.5 Å². The lowest BCUT2D eigenvalue weighted by Gasteiger charge is -2.20. The number of rotatable bonds is 5. The predicted molar refractivity (Wildman–Crippen MR) is 99.1 cm³/mol. The first-order valence-electron chi connectivity index (χ1n) is 8.23. The van der Waals surface area contributed by atoms with E-state index >= 15 is 0 Å². The van der Waals surface area contributed by atoms with Gasteiger partial charge in [-0.1, -0.05) is 42.5 Å². The minimum Gasteiger partial charge on any atom is -0.372 e. The van der Waals surface area contributed by atoms with Gasteiger partial charge in [-0.2, -0.15) is 0 Å². The minimum absolute atomic E-state index is 0.165. The molecular formula is C20H21N3O. The second kappa shape index (κ2) is 7.13. The van der Waals surface area contributed by atoms with Crippen molar-refractivity contribution in [2.24, 2.45) is 4.99 Å². The van der Waals surface area contributed by atoms with Gasteiger partial charge in [-0.05, 0) is 37.6 Å². The van der Waals surface area contributed by atoms with Crippen LogP contribution in [0.4, 0.5) is 5.69 Å². The number of amidine groups is 1. The number of nitrogens with one attached hydrogen (secondary N) is 1. The van der Waals surface area contributed by atoms with E-state index in [-0.39, 0.29) is 5.91 Å². The molecule has 2 aromatic carbocycles. The molecule has 0 atom stereocenters. The van der Waals surface area contributed by atoms with Gasteiger partial charge in [-0.15, -0.1) is 0 Å². The summed E-state index contributed by atoms with van der Waals surface area (Å²) in [6.45, 7) is 6.23. The average molecular weight is 319 g/mol. The zero-order valence-electron chi connectivity index (χ0n) is 14.0. The molecule has 0 fully saturated rings. The molecule has 4 heteroatoms. The predicted octanol–water partition coefficient (Wildman–Crippen LogP) is 3.45. The normalized spacial score (nSPS) is 15.3. The molecule has 0 saturated carbocycles. The highest BCUT2D eigenvalue weighted by Gasteiger charge is 2.20. The van der Waals surface area contributed by atoms with Crippen molar-refractivity contribution < 1.29 is 4.79 Å². The standard InChI is InChI=1S/C20H21N3O/c1-3-23(4-2)17-12-10-15(11-13-17)14-18-20(24)22-19(21-18)16-8-6-5-7-9-16/h5-14H,3-4H2,1-2H3,(H,21,22,24)/b18-14+. The molecule has 0 aliphatic carbocycles. The minimum atomic E-state index is -0.165. The molecule has 122 valence electrons. The second-order valence-corrected chi connectivity index (χ2v) is 5.57. The molecule has 1 N–H and O–H groups in total. The van der Waals surface area contributed by atoms with E-state index in [2.05, 4.69) is 41.2 Å². The van der Waals surface area contributed by atoms with Gasteiger partial charge >= 0.3 is 0 Å². The second-order valence-electron chi connectivity index (χ2n) is 5.57. The van der Waals surface area contributed by atoms with Gasteiger partial charge in [0.25, 0.3) is 5.91 Å². The van der Waals surface area contributed by atoms with Crippen LogP contribution in [-0.4, -0.2) is 24.8 Å². The largest absolute Gasteiger partial charge is 0.372 e. The molecular weight excluding hydrogens is 298 g/mol. The SMILES string of the molecule is CCN(CC)c1ccc(/C=C2/N=C(c3ccccc3)NC2=O)cc1. The first-order chi connectivity index (χ1) is 11.7. The maximum atomic E-state index is 12.1. The van der Waals surface area contributed by atoms with Gasteiger partial charge in [0, 0.05) is 24.3 Å². The van der Waals surface area contributed by atoms with E-state index in [1.165, 1.54) is 5.69 Å². The molecule has 1 aliphatic heterocycles. The highest BCUT2D eigenvalue weighted by atomic mass is 16.2. The molecule has 0 unspecified atom stereocenters. The number of hydrogen-bond acceptors (Lipinski definition) is 3. The van der Waals surface area contributed by atoms with Crippen LogP contribution in [-0.2, 0) is 4.79 Å². The Balaban J connectivity index is 1.83. The van der Waals surface area contributed by atoms with Gasteiger partial charge in [-0.3, -0.25) is 4.79 Å². The highest BCUT2D eigenvalue weighted by molar-refractivity contribution is 6.19. The summed E-state index contributed by atoms with van der Waals surface area (Å²) in [6.07, 6.45) is 1.82. The van der Waals surface area contributed by atoms with E-state index in [9.17, 15) is 4.79 Å². The molecule has 1 aliphatic rings. The molecule has 0 saturated heterocycles.